The third-order valence-corrected chi connectivity index (χ3v) is 4.07. The molecule has 23 heavy (non-hydrogen) atoms. The fourth-order valence-electron chi connectivity index (χ4n) is 1.97. The van der Waals surface area contributed by atoms with Crippen molar-refractivity contribution in [2.24, 2.45) is 0 Å². The minimum Gasteiger partial charge on any atom is -0.493 e. The summed E-state index contributed by atoms with van der Waals surface area (Å²) in [6.07, 6.45) is 0. The Kier molecular flexibility index (Phi) is 6.52. The molecule has 0 saturated heterocycles. The Hall–Kier alpha value is -2.45. The van der Waals surface area contributed by atoms with E-state index >= 15 is 0 Å². The van der Waals surface area contributed by atoms with Crippen molar-refractivity contribution in [3.63, 3.8) is 0 Å². The van der Waals surface area contributed by atoms with E-state index in [0.29, 0.717) is 23.5 Å². The molecule has 0 spiro atoms. The van der Waals surface area contributed by atoms with Gasteiger partial charge in [-0.15, -0.1) is 0 Å². The number of carbonyl (C=O) groups excluding carboxylic acids is 1. The Morgan fingerprint density at radius 3 is 2.83 bits per heavy atom. The quantitative estimate of drug-likeness (QED) is 0.574. The van der Waals surface area contributed by atoms with Gasteiger partial charge in [0.1, 0.15) is 5.75 Å². The summed E-state index contributed by atoms with van der Waals surface area (Å²) in [6, 6.07) is 16.6. The predicted octanol–water partition coefficient (Wildman–Crippen LogP) is 3.66. The maximum absolute atomic E-state index is 11.5. The lowest BCUT2D eigenvalue weighted by Gasteiger charge is -2.07. The van der Waals surface area contributed by atoms with E-state index in [2.05, 4.69) is 6.07 Å². The number of nitrogens with zero attached hydrogens (tertiary/aromatic N) is 1. The molecule has 0 heterocycles. The van der Waals surface area contributed by atoms with Gasteiger partial charge in [-0.2, -0.15) is 17.0 Å². The van der Waals surface area contributed by atoms with Crippen LogP contribution in [-0.2, 0) is 10.5 Å². The SMILES string of the molecule is COC(=O)c1cccc(CSCCOc2cccc(C#N)c2)c1. The van der Waals surface area contributed by atoms with Gasteiger partial charge in [0, 0.05) is 11.5 Å². The second kappa shape index (κ2) is 8.86. The summed E-state index contributed by atoms with van der Waals surface area (Å²) in [4.78, 5) is 11.5. The standard InChI is InChI=1S/C18H17NO3S/c1-21-18(20)16-6-2-5-15(10-16)13-23-9-8-22-17-7-3-4-14(11-17)12-19/h2-7,10-11H,8-9,13H2,1H3. The van der Waals surface area contributed by atoms with Gasteiger partial charge in [-0.1, -0.05) is 18.2 Å². The molecule has 0 fully saturated rings. The zero-order valence-electron chi connectivity index (χ0n) is 12.8. The van der Waals surface area contributed by atoms with Gasteiger partial charge >= 0.3 is 5.97 Å². The molecule has 2 aromatic rings. The van der Waals surface area contributed by atoms with E-state index in [1.54, 1.807) is 36.0 Å². The van der Waals surface area contributed by atoms with Crippen LogP contribution in [0.2, 0.25) is 0 Å². The van der Waals surface area contributed by atoms with Crippen molar-refractivity contribution in [3.05, 3.63) is 65.2 Å². The van der Waals surface area contributed by atoms with Gasteiger partial charge in [-0.05, 0) is 35.9 Å². The van der Waals surface area contributed by atoms with Crippen molar-refractivity contribution in [1.82, 2.24) is 0 Å². The van der Waals surface area contributed by atoms with Gasteiger partial charge in [0.15, 0.2) is 0 Å². The first kappa shape index (κ1) is 16.9. The Balaban J connectivity index is 1.75. The zero-order valence-corrected chi connectivity index (χ0v) is 13.6. The van der Waals surface area contributed by atoms with Gasteiger partial charge in [-0.25, -0.2) is 4.79 Å². The average molecular weight is 327 g/mol. The first-order chi connectivity index (χ1) is 11.2. The Morgan fingerprint density at radius 2 is 2.04 bits per heavy atom. The van der Waals surface area contributed by atoms with Crippen LogP contribution in [0.1, 0.15) is 21.5 Å². The molecule has 4 nitrogen and oxygen atoms in total. The lowest BCUT2D eigenvalue weighted by atomic mass is 10.1. The van der Waals surface area contributed by atoms with Gasteiger partial charge in [0.25, 0.3) is 0 Å². The van der Waals surface area contributed by atoms with Crippen molar-refractivity contribution in [1.29, 1.82) is 5.26 Å². The van der Waals surface area contributed by atoms with E-state index in [1.807, 2.05) is 24.3 Å². The lowest BCUT2D eigenvalue weighted by Crippen LogP contribution is -2.02. The maximum atomic E-state index is 11.5. The van der Waals surface area contributed by atoms with E-state index < -0.39 is 0 Å². The largest absolute Gasteiger partial charge is 0.493 e. The molecule has 0 aliphatic rings. The first-order valence-electron chi connectivity index (χ1n) is 7.11. The minimum absolute atomic E-state index is 0.322. The molecule has 5 heteroatoms. The van der Waals surface area contributed by atoms with E-state index in [9.17, 15) is 4.79 Å². The third-order valence-electron chi connectivity index (χ3n) is 3.08. The normalized spacial score (nSPS) is 9.91. The smallest absolute Gasteiger partial charge is 0.337 e. The highest BCUT2D eigenvalue weighted by atomic mass is 32.2. The molecule has 0 aliphatic heterocycles. The topological polar surface area (TPSA) is 59.3 Å². The number of ether oxygens (including phenoxy) is 2. The van der Waals surface area contributed by atoms with Gasteiger partial charge in [0.05, 0.1) is 30.9 Å². The fourth-order valence-corrected chi connectivity index (χ4v) is 2.73. The molecular formula is C18H17NO3S. The number of nitriles is 1. The Morgan fingerprint density at radius 1 is 1.22 bits per heavy atom. The van der Waals surface area contributed by atoms with Crippen molar-refractivity contribution in [2.75, 3.05) is 19.5 Å². The number of rotatable bonds is 7. The first-order valence-corrected chi connectivity index (χ1v) is 8.26. The van der Waals surface area contributed by atoms with Crippen LogP contribution in [0.3, 0.4) is 0 Å². The van der Waals surface area contributed by atoms with E-state index in [1.165, 1.54) is 7.11 Å². The molecule has 0 aliphatic carbocycles. The summed E-state index contributed by atoms with van der Waals surface area (Å²) in [5.41, 5.74) is 2.23. The molecule has 0 amide bonds. The summed E-state index contributed by atoms with van der Waals surface area (Å²) in [6.45, 7) is 0.566. The number of carbonyl (C=O) groups is 1. The number of methoxy groups -OCH3 is 1. The van der Waals surface area contributed by atoms with Crippen LogP contribution in [0.15, 0.2) is 48.5 Å². The number of benzene rings is 2. The maximum Gasteiger partial charge on any atom is 0.337 e. The van der Waals surface area contributed by atoms with Crippen molar-refractivity contribution in [3.8, 4) is 11.8 Å². The van der Waals surface area contributed by atoms with Crippen LogP contribution < -0.4 is 4.74 Å². The van der Waals surface area contributed by atoms with Crippen LogP contribution in [0.5, 0.6) is 5.75 Å². The van der Waals surface area contributed by atoms with Gasteiger partial charge in [-0.3, -0.25) is 0 Å². The molecule has 0 saturated carbocycles. The molecule has 2 rings (SSSR count). The third kappa shape index (κ3) is 5.35. The molecule has 0 aromatic heterocycles. The van der Waals surface area contributed by atoms with E-state index in [4.69, 9.17) is 14.7 Å². The highest BCUT2D eigenvalue weighted by Gasteiger charge is 2.05. The molecule has 0 radical (unpaired) electrons. The summed E-state index contributed by atoms with van der Waals surface area (Å²) >= 11 is 1.72. The predicted molar refractivity (Wildman–Crippen MR) is 90.6 cm³/mol. The molecule has 0 atom stereocenters. The second-order valence-corrected chi connectivity index (χ2v) is 5.84. The highest BCUT2D eigenvalue weighted by Crippen LogP contribution is 2.16. The molecule has 0 N–H and O–H groups in total. The fraction of sp³-hybridized carbons (Fsp3) is 0.222. The van der Waals surface area contributed by atoms with Crippen molar-refractivity contribution < 1.29 is 14.3 Å². The highest BCUT2D eigenvalue weighted by molar-refractivity contribution is 7.98. The molecule has 118 valence electrons. The zero-order chi connectivity index (χ0) is 16.5. The van der Waals surface area contributed by atoms with Crippen molar-refractivity contribution in [2.45, 2.75) is 5.75 Å². The van der Waals surface area contributed by atoms with Crippen LogP contribution in [-0.4, -0.2) is 25.4 Å². The summed E-state index contributed by atoms with van der Waals surface area (Å²) < 4.78 is 10.3. The molecule has 0 unspecified atom stereocenters. The van der Waals surface area contributed by atoms with Gasteiger partial charge in [0.2, 0.25) is 0 Å². The Bertz CT molecular complexity index is 709. The Labute approximate surface area is 140 Å². The number of hydrogen-bond acceptors (Lipinski definition) is 5. The number of hydrogen-bond donors (Lipinski definition) is 0. The van der Waals surface area contributed by atoms with Crippen LogP contribution in [0.25, 0.3) is 0 Å². The molecular weight excluding hydrogens is 310 g/mol. The van der Waals surface area contributed by atoms with Crippen LogP contribution in [0, 0.1) is 11.3 Å². The minimum atomic E-state index is -0.322. The van der Waals surface area contributed by atoms with E-state index in [-0.39, 0.29) is 5.97 Å². The molecule has 0 bridgehead atoms. The number of esters is 1. The van der Waals surface area contributed by atoms with Crippen LogP contribution in [0.4, 0.5) is 0 Å². The number of thioether (sulfide) groups is 1. The second-order valence-electron chi connectivity index (χ2n) is 4.73. The lowest BCUT2D eigenvalue weighted by molar-refractivity contribution is 0.0600. The van der Waals surface area contributed by atoms with Gasteiger partial charge < -0.3 is 9.47 Å². The average Bonchev–Trinajstić information content (AvgIpc) is 2.61. The van der Waals surface area contributed by atoms with Crippen LogP contribution >= 0.6 is 11.8 Å². The van der Waals surface area contributed by atoms with E-state index in [0.717, 1.165) is 17.1 Å². The summed E-state index contributed by atoms with van der Waals surface area (Å²) in [5, 5.41) is 8.83. The van der Waals surface area contributed by atoms with Crippen molar-refractivity contribution >= 4 is 17.7 Å². The molecule has 2 aromatic carbocycles. The summed E-state index contributed by atoms with van der Waals surface area (Å²) in [7, 11) is 1.38. The summed E-state index contributed by atoms with van der Waals surface area (Å²) in [5.74, 6) is 2.00. The monoisotopic (exact) mass is 327 g/mol.